The van der Waals surface area contributed by atoms with E-state index in [9.17, 15) is 9.59 Å². The van der Waals surface area contributed by atoms with E-state index in [-0.39, 0.29) is 11.8 Å². The SMILES string of the molecule is CC(C)C(=O)CCCCCCCCCCC(=O)C(C)C. The predicted molar refractivity (Wildman–Crippen MR) is 85.9 cm³/mol. The molecule has 0 saturated carbocycles. The average molecular weight is 282 g/mol. The van der Waals surface area contributed by atoms with Crippen molar-refractivity contribution >= 4 is 11.6 Å². The standard InChI is InChI=1S/C18H34O2/c1-15(2)17(19)13-11-9-7-5-6-8-10-12-14-18(20)16(3)4/h15-16H,5-14H2,1-4H3. The lowest BCUT2D eigenvalue weighted by Crippen LogP contribution is -2.06. The molecule has 0 spiro atoms. The molecule has 0 aromatic carbocycles. The van der Waals surface area contributed by atoms with Gasteiger partial charge in [-0.25, -0.2) is 0 Å². The molecule has 118 valence electrons. The maximum Gasteiger partial charge on any atom is 0.135 e. The highest BCUT2D eigenvalue weighted by Gasteiger charge is 2.06. The number of carbonyl (C=O) groups excluding carboxylic acids is 2. The normalized spacial score (nSPS) is 11.3. The van der Waals surface area contributed by atoms with E-state index in [2.05, 4.69) is 0 Å². The maximum absolute atomic E-state index is 11.4. The van der Waals surface area contributed by atoms with Crippen LogP contribution in [-0.2, 0) is 9.59 Å². The molecule has 0 N–H and O–H groups in total. The van der Waals surface area contributed by atoms with E-state index >= 15 is 0 Å². The monoisotopic (exact) mass is 282 g/mol. The molecule has 0 atom stereocenters. The molecule has 0 unspecified atom stereocenters. The Bertz CT molecular complexity index is 239. The first-order chi connectivity index (χ1) is 9.45. The van der Waals surface area contributed by atoms with Gasteiger partial charge in [0.15, 0.2) is 0 Å². The molecule has 0 bridgehead atoms. The lowest BCUT2D eigenvalue weighted by molar-refractivity contribution is -0.122. The summed E-state index contributed by atoms with van der Waals surface area (Å²) in [6.07, 6.45) is 11.0. The molecule has 0 amide bonds. The Hall–Kier alpha value is -0.660. The van der Waals surface area contributed by atoms with Crippen molar-refractivity contribution in [2.45, 2.75) is 91.9 Å². The van der Waals surface area contributed by atoms with Crippen LogP contribution >= 0.6 is 0 Å². The van der Waals surface area contributed by atoms with Crippen LogP contribution in [0.1, 0.15) is 91.9 Å². The van der Waals surface area contributed by atoms with E-state index < -0.39 is 0 Å². The Balaban J connectivity index is 3.21. The highest BCUT2D eigenvalue weighted by molar-refractivity contribution is 5.80. The largest absolute Gasteiger partial charge is 0.299 e. The van der Waals surface area contributed by atoms with Crippen LogP contribution < -0.4 is 0 Å². The molecule has 2 heteroatoms. The van der Waals surface area contributed by atoms with Crippen LogP contribution in [0.3, 0.4) is 0 Å². The highest BCUT2D eigenvalue weighted by atomic mass is 16.1. The zero-order chi connectivity index (χ0) is 15.4. The van der Waals surface area contributed by atoms with Gasteiger partial charge in [-0.3, -0.25) is 9.59 Å². The van der Waals surface area contributed by atoms with Gasteiger partial charge in [0.1, 0.15) is 11.6 Å². The van der Waals surface area contributed by atoms with Crippen molar-refractivity contribution in [3.8, 4) is 0 Å². The summed E-state index contributed by atoms with van der Waals surface area (Å²) in [5, 5.41) is 0. The molecular weight excluding hydrogens is 248 g/mol. The molecule has 0 aliphatic heterocycles. The molecular formula is C18H34O2. The lowest BCUT2D eigenvalue weighted by Gasteiger charge is -2.05. The van der Waals surface area contributed by atoms with Gasteiger partial charge >= 0.3 is 0 Å². The number of ketones is 2. The minimum atomic E-state index is 0.198. The van der Waals surface area contributed by atoms with E-state index in [1.54, 1.807) is 0 Å². The predicted octanol–water partition coefficient (Wildman–Crippen LogP) is 5.34. The summed E-state index contributed by atoms with van der Waals surface area (Å²) in [6.45, 7) is 7.91. The van der Waals surface area contributed by atoms with Gasteiger partial charge in [0.25, 0.3) is 0 Å². The van der Waals surface area contributed by atoms with E-state index in [0.29, 0.717) is 11.6 Å². The van der Waals surface area contributed by atoms with Crippen LogP contribution in [-0.4, -0.2) is 11.6 Å². The molecule has 0 heterocycles. The molecule has 0 saturated heterocycles. The van der Waals surface area contributed by atoms with E-state index in [4.69, 9.17) is 0 Å². The first-order valence-electron chi connectivity index (χ1n) is 8.50. The van der Waals surface area contributed by atoms with Crippen LogP contribution in [0.2, 0.25) is 0 Å². The number of unbranched alkanes of at least 4 members (excludes halogenated alkanes) is 7. The summed E-state index contributed by atoms with van der Waals surface area (Å²) in [5.74, 6) is 1.20. The second-order valence-electron chi connectivity index (χ2n) is 6.57. The van der Waals surface area contributed by atoms with Crippen LogP contribution in [0.4, 0.5) is 0 Å². The van der Waals surface area contributed by atoms with Gasteiger partial charge in [0, 0.05) is 24.7 Å². The Morgan fingerprint density at radius 3 is 1.05 bits per heavy atom. The van der Waals surface area contributed by atoms with Crippen LogP contribution in [0.25, 0.3) is 0 Å². The second-order valence-corrected chi connectivity index (χ2v) is 6.57. The number of rotatable bonds is 13. The van der Waals surface area contributed by atoms with Gasteiger partial charge < -0.3 is 0 Å². The fourth-order valence-electron chi connectivity index (χ4n) is 2.24. The van der Waals surface area contributed by atoms with Gasteiger partial charge in [-0.1, -0.05) is 66.2 Å². The van der Waals surface area contributed by atoms with Gasteiger partial charge in [0.2, 0.25) is 0 Å². The van der Waals surface area contributed by atoms with Crippen molar-refractivity contribution in [1.29, 1.82) is 0 Å². The fourth-order valence-corrected chi connectivity index (χ4v) is 2.24. The summed E-state index contributed by atoms with van der Waals surface area (Å²) < 4.78 is 0. The number of hydrogen-bond acceptors (Lipinski definition) is 2. The molecule has 2 nitrogen and oxygen atoms in total. The quantitative estimate of drug-likeness (QED) is 0.427. The van der Waals surface area contributed by atoms with Crippen molar-refractivity contribution in [3.05, 3.63) is 0 Å². The van der Waals surface area contributed by atoms with Crippen molar-refractivity contribution < 1.29 is 9.59 Å². The summed E-state index contributed by atoms with van der Waals surface area (Å²) in [6, 6.07) is 0. The lowest BCUT2D eigenvalue weighted by atomic mass is 10.00. The van der Waals surface area contributed by atoms with Crippen molar-refractivity contribution in [2.75, 3.05) is 0 Å². The molecule has 20 heavy (non-hydrogen) atoms. The van der Waals surface area contributed by atoms with Gasteiger partial charge in [0.05, 0.1) is 0 Å². The van der Waals surface area contributed by atoms with Crippen molar-refractivity contribution in [1.82, 2.24) is 0 Å². The van der Waals surface area contributed by atoms with Crippen molar-refractivity contribution in [2.24, 2.45) is 11.8 Å². The first kappa shape index (κ1) is 19.3. The van der Waals surface area contributed by atoms with Gasteiger partial charge in [-0.15, -0.1) is 0 Å². The maximum atomic E-state index is 11.4. The minimum Gasteiger partial charge on any atom is -0.299 e. The van der Waals surface area contributed by atoms with E-state index in [1.807, 2.05) is 27.7 Å². The Labute approximate surface area is 125 Å². The topological polar surface area (TPSA) is 34.1 Å². The zero-order valence-electron chi connectivity index (χ0n) is 14.0. The molecule has 0 aromatic heterocycles. The average Bonchev–Trinajstić information content (AvgIpc) is 2.39. The zero-order valence-corrected chi connectivity index (χ0v) is 14.0. The van der Waals surface area contributed by atoms with Gasteiger partial charge in [-0.2, -0.15) is 0 Å². The Morgan fingerprint density at radius 1 is 0.550 bits per heavy atom. The Morgan fingerprint density at radius 2 is 0.800 bits per heavy atom. The second kappa shape index (κ2) is 12.1. The summed E-state index contributed by atoms with van der Waals surface area (Å²) in [4.78, 5) is 22.9. The number of hydrogen-bond donors (Lipinski definition) is 0. The molecule has 0 rings (SSSR count). The highest BCUT2D eigenvalue weighted by Crippen LogP contribution is 2.13. The third-order valence-electron chi connectivity index (χ3n) is 3.88. The van der Waals surface area contributed by atoms with Crippen LogP contribution in [0.5, 0.6) is 0 Å². The smallest absolute Gasteiger partial charge is 0.135 e. The molecule has 0 radical (unpaired) electrons. The third kappa shape index (κ3) is 11.2. The first-order valence-corrected chi connectivity index (χ1v) is 8.50. The van der Waals surface area contributed by atoms with E-state index in [0.717, 1.165) is 25.7 Å². The number of Topliss-reactive ketones (excluding diaryl/α,β-unsaturated/α-hetero) is 2. The minimum absolute atomic E-state index is 0.198. The summed E-state index contributed by atoms with van der Waals surface area (Å²) in [5.41, 5.74) is 0. The Kier molecular flexibility index (Phi) is 11.7. The fraction of sp³-hybridized carbons (Fsp3) is 0.889. The van der Waals surface area contributed by atoms with Crippen molar-refractivity contribution in [3.63, 3.8) is 0 Å². The summed E-state index contributed by atoms with van der Waals surface area (Å²) >= 11 is 0. The van der Waals surface area contributed by atoms with Gasteiger partial charge in [-0.05, 0) is 12.8 Å². The molecule has 0 fully saturated rings. The van der Waals surface area contributed by atoms with Crippen LogP contribution in [0, 0.1) is 11.8 Å². The van der Waals surface area contributed by atoms with E-state index in [1.165, 1.54) is 38.5 Å². The number of carbonyl (C=O) groups is 2. The summed E-state index contributed by atoms with van der Waals surface area (Å²) in [7, 11) is 0. The van der Waals surface area contributed by atoms with Crippen LogP contribution in [0.15, 0.2) is 0 Å². The molecule has 0 aliphatic rings. The molecule has 0 aromatic rings. The third-order valence-corrected chi connectivity index (χ3v) is 3.88. The molecule has 0 aliphatic carbocycles.